The van der Waals surface area contributed by atoms with Crippen molar-refractivity contribution >= 4 is 44.8 Å². The van der Waals surface area contributed by atoms with E-state index in [1.54, 1.807) is 6.07 Å². The van der Waals surface area contributed by atoms with Crippen molar-refractivity contribution in [1.82, 2.24) is 14.1 Å². The summed E-state index contributed by atoms with van der Waals surface area (Å²) < 4.78 is 27.5. The van der Waals surface area contributed by atoms with Gasteiger partial charge in [0.1, 0.15) is 4.21 Å². The van der Waals surface area contributed by atoms with Gasteiger partial charge >= 0.3 is 0 Å². The molecule has 2 saturated heterocycles. The van der Waals surface area contributed by atoms with Crippen molar-refractivity contribution in [1.29, 1.82) is 0 Å². The highest BCUT2D eigenvalue weighted by Crippen LogP contribution is 2.45. The lowest BCUT2D eigenvalue weighted by atomic mass is 9.73. The maximum absolute atomic E-state index is 12.9. The Hall–Kier alpha value is -1.000. The molecule has 4 rings (SSSR count). The van der Waals surface area contributed by atoms with Crippen LogP contribution < -0.4 is 0 Å². The molecule has 154 valence electrons. The summed E-state index contributed by atoms with van der Waals surface area (Å²) in [5, 5.41) is 0. The van der Waals surface area contributed by atoms with Gasteiger partial charge in [0.15, 0.2) is 0 Å². The number of rotatable bonds is 4. The Kier molecular flexibility index (Phi) is 5.56. The van der Waals surface area contributed by atoms with Crippen LogP contribution in [0.1, 0.15) is 38.5 Å². The van der Waals surface area contributed by atoms with Crippen LogP contribution in [0.2, 0.25) is 4.34 Å². The fourth-order valence-electron chi connectivity index (χ4n) is 4.50. The monoisotopic (exact) mass is 445 g/mol. The molecule has 0 atom stereocenters. The lowest BCUT2D eigenvalue weighted by Crippen LogP contribution is -2.52. The molecule has 1 aromatic rings. The molecule has 2 amide bonds. The lowest BCUT2D eigenvalue weighted by molar-refractivity contribution is -0.145. The third-order valence-corrected chi connectivity index (χ3v) is 9.71. The fourth-order valence-corrected chi connectivity index (χ4v) is 7.56. The van der Waals surface area contributed by atoms with E-state index in [1.165, 1.54) is 15.3 Å². The summed E-state index contributed by atoms with van der Waals surface area (Å²) in [6, 6.07) is 3.11. The van der Waals surface area contributed by atoms with Crippen LogP contribution in [-0.2, 0) is 19.6 Å². The molecule has 0 aromatic carbocycles. The van der Waals surface area contributed by atoms with E-state index in [2.05, 4.69) is 0 Å². The summed E-state index contributed by atoms with van der Waals surface area (Å²) in [7, 11) is -3.54. The van der Waals surface area contributed by atoms with E-state index in [4.69, 9.17) is 11.6 Å². The Balaban J connectivity index is 1.37. The Morgan fingerprint density at radius 3 is 2.32 bits per heavy atom. The van der Waals surface area contributed by atoms with Crippen molar-refractivity contribution < 1.29 is 18.0 Å². The first-order valence-corrected chi connectivity index (χ1v) is 12.3. The van der Waals surface area contributed by atoms with Crippen molar-refractivity contribution in [3.05, 3.63) is 16.5 Å². The number of carbonyl (C=O) groups excluding carboxylic acids is 2. The van der Waals surface area contributed by atoms with Gasteiger partial charge in [-0.05, 0) is 25.0 Å². The first-order valence-electron chi connectivity index (χ1n) is 9.64. The molecule has 2 aliphatic heterocycles. The number of piperazine rings is 1. The molecular weight excluding hydrogens is 422 g/mol. The number of hydrogen-bond acceptors (Lipinski definition) is 6. The SMILES string of the molecule is O=C1CC2(CCCCC2)C(=O)N1CN1CCN(S(=O)(=O)c2ccc(Cl)s2)CC1. The van der Waals surface area contributed by atoms with Crippen molar-refractivity contribution in [3.8, 4) is 0 Å². The van der Waals surface area contributed by atoms with E-state index in [9.17, 15) is 18.0 Å². The first-order chi connectivity index (χ1) is 13.3. The summed E-state index contributed by atoms with van der Waals surface area (Å²) in [6.45, 7) is 1.90. The Morgan fingerprint density at radius 2 is 1.71 bits per heavy atom. The Bertz CT molecular complexity index is 871. The predicted octanol–water partition coefficient (Wildman–Crippen LogP) is 2.37. The zero-order valence-corrected chi connectivity index (χ0v) is 18.0. The average Bonchev–Trinajstić information content (AvgIpc) is 3.21. The molecule has 1 spiro atoms. The second-order valence-electron chi connectivity index (χ2n) is 7.87. The molecular formula is C18H24ClN3O4S2. The number of halogens is 1. The molecule has 0 unspecified atom stereocenters. The summed E-state index contributed by atoms with van der Waals surface area (Å²) >= 11 is 6.92. The molecule has 3 heterocycles. The standard InChI is InChI=1S/C18H24ClN3O4S2/c19-14-4-5-16(27-14)28(25,26)21-10-8-20(9-11-21)13-22-15(23)12-18(17(22)24)6-2-1-3-7-18/h4-5H,1-3,6-13H2. The van der Waals surface area contributed by atoms with E-state index in [1.807, 2.05) is 4.90 Å². The molecule has 0 radical (unpaired) electrons. The number of carbonyl (C=O) groups is 2. The summed E-state index contributed by atoms with van der Waals surface area (Å²) in [5.74, 6) is -0.115. The molecule has 1 aromatic heterocycles. The van der Waals surface area contributed by atoms with Crippen molar-refractivity contribution in [3.63, 3.8) is 0 Å². The zero-order chi connectivity index (χ0) is 19.9. The van der Waals surface area contributed by atoms with Crippen molar-refractivity contribution in [2.24, 2.45) is 5.41 Å². The predicted molar refractivity (Wildman–Crippen MR) is 107 cm³/mol. The van der Waals surface area contributed by atoms with Gasteiger partial charge in [-0.2, -0.15) is 4.31 Å². The van der Waals surface area contributed by atoms with Gasteiger partial charge in [-0.1, -0.05) is 30.9 Å². The molecule has 7 nitrogen and oxygen atoms in total. The second kappa shape index (κ2) is 7.68. The van der Waals surface area contributed by atoms with E-state index in [0.717, 1.165) is 43.4 Å². The highest BCUT2D eigenvalue weighted by Gasteiger charge is 2.51. The summed E-state index contributed by atoms with van der Waals surface area (Å²) in [5.41, 5.74) is -0.473. The smallest absolute Gasteiger partial charge is 0.252 e. The van der Waals surface area contributed by atoms with Crippen LogP contribution in [0.3, 0.4) is 0 Å². The molecule has 1 saturated carbocycles. The average molecular weight is 446 g/mol. The van der Waals surface area contributed by atoms with Crippen molar-refractivity contribution in [2.75, 3.05) is 32.8 Å². The van der Waals surface area contributed by atoms with Crippen molar-refractivity contribution in [2.45, 2.75) is 42.7 Å². The maximum Gasteiger partial charge on any atom is 0.252 e. The van der Waals surface area contributed by atoms with Crippen LogP contribution in [0.15, 0.2) is 16.3 Å². The molecule has 3 aliphatic rings. The van der Waals surface area contributed by atoms with Gasteiger partial charge in [0.2, 0.25) is 11.8 Å². The summed E-state index contributed by atoms with van der Waals surface area (Å²) in [4.78, 5) is 28.8. The highest BCUT2D eigenvalue weighted by atomic mass is 35.5. The van der Waals surface area contributed by atoms with Gasteiger partial charge in [-0.25, -0.2) is 8.42 Å². The van der Waals surface area contributed by atoms with Gasteiger partial charge in [-0.3, -0.25) is 19.4 Å². The number of likely N-dealkylation sites (tertiary alicyclic amines) is 1. The van der Waals surface area contributed by atoms with E-state index in [0.29, 0.717) is 36.9 Å². The molecule has 0 bridgehead atoms. The van der Waals surface area contributed by atoms with Crippen LogP contribution in [0, 0.1) is 5.41 Å². The number of thiophene rings is 1. The lowest BCUT2D eigenvalue weighted by Gasteiger charge is -2.36. The quantitative estimate of drug-likeness (QED) is 0.665. The van der Waals surface area contributed by atoms with Gasteiger partial charge in [0.25, 0.3) is 10.0 Å². The highest BCUT2D eigenvalue weighted by molar-refractivity contribution is 7.91. The van der Waals surface area contributed by atoms with Crippen LogP contribution in [-0.4, -0.2) is 67.2 Å². The molecule has 0 N–H and O–H groups in total. The summed E-state index contributed by atoms with van der Waals surface area (Å²) in [6.07, 6.45) is 5.10. The number of sulfonamides is 1. The van der Waals surface area contributed by atoms with E-state index < -0.39 is 15.4 Å². The van der Waals surface area contributed by atoms with Gasteiger partial charge in [0, 0.05) is 32.6 Å². The van der Waals surface area contributed by atoms with Crippen LogP contribution in [0.5, 0.6) is 0 Å². The van der Waals surface area contributed by atoms with Crippen LogP contribution in [0.25, 0.3) is 0 Å². The third kappa shape index (κ3) is 3.63. The molecule has 28 heavy (non-hydrogen) atoms. The number of nitrogens with zero attached hydrogens (tertiary/aromatic N) is 3. The minimum Gasteiger partial charge on any atom is -0.283 e. The molecule has 10 heteroatoms. The number of hydrogen-bond donors (Lipinski definition) is 0. The molecule has 3 fully saturated rings. The largest absolute Gasteiger partial charge is 0.283 e. The van der Waals surface area contributed by atoms with Gasteiger partial charge in [-0.15, -0.1) is 11.3 Å². The minimum atomic E-state index is -3.54. The maximum atomic E-state index is 12.9. The normalized spacial score (nSPS) is 24.4. The fraction of sp³-hybridized carbons (Fsp3) is 0.667. The molecule has 1 aliphatic carbocycles. The number of amides is 2. The van der Waals surface area contributed by atoms with Crippen LogP contribution in [0.4, 0.5) is 0 Å². The van der Waals surface area contributed by atoms with Gasteiger partial charge < -0.3 is 0 Å². The number of imide groups is 1. The minimum absolute atomic E-state index is 0.0273. The first kappa shape index (κ1) is 20.3. The Morgan fingerprint density at radius 1 is 1.04 bits per heavy atom. The van der Waals surface area contributed by atoms with E-state index >= 15 is 0 Å². The topological polar surface area (TPSA) is 78.0 Å². The van der Waals surface area contributed by atoms with Crippen LogP contribution >= 0.6 is 22.9 Å². The van der Waals surface area contributed by atoms with Gasteiger partial charge in [0.05, 0.1) is 16.4 Å². The Labute approximate surface area is 174 Å². The van der Waals surface area contributed by atoms with E-state index in [-0.39, 0.29) is 22.7 Å². The zero-order valence-electron chi connectivity index (χ0n) is 15.6. The third-order valence-electron chi connectivity index (χ3n) is 6.12. The second-order valence-corrected chi connectivity index (χ2v) is 11.7.